The third-order valence-corrected chi connectivity index (χ3v) is 6.06. The van der Waals surface area contributed by atoms with Crippen molar-refractivity contribution in [3.63, 3.8) is 0 Å². The van der Waals surface area contributed by atoms with E-state index in [0.717, 1.165) is 11.3 Å². The molecule has 0 spiro atoms. The second-order valence-corrected chi connectivity index (χ2v) is 8.64. The number of amides is 1. The van der Waals surface area contributed by atoms with Crippen molar-refractivity contribution in [3.8, 4) is 17.1 Å². The van der Waals surface area contributed by atoms with Crippen LogP contribution in [0.25, 0.3) is 17.4 Å². The Labute approximate surface area is 188 Å². The average molecular weight is 461 g/mol. The van der Waals surface area contributed by atoms with Crippen LogP contribution in [0.1, 0.15) is 11.3 Å². The summed E-state index contributed by atoms with van der Waals surface area (Å²) in [6, 6.07) is 14.6. The molecule has 5 nitrogen and oxygen atoms in total. The Bertz CT molecular complexity index is 1140. The fourth-order valence-electron chi connectivity index (χ4n) is 3.03. The number of furan rings is 1. The van der Waals surface area contributed by atoms with Crippen molar-refractivity contribution in [1.29, 1.82) is 0 Å². The fraction of sp³-hybridized carbons (Fsp3) is 0.136. The molecule has 1 fully saturated rings. The zero-order valence-corrected chi connectivity index (χ0v) is 18.5. The number of hydrogen-bond donors (Lipinski definition) is 2. The molecule has 30 heavy (non-hydrogen) atoms. The molecule has 154 valence electrons. The first kappa shape index (κ1) is 20.7. The van der Waals surface area contributed by atoms with Gasteiger partial charge < -0.3 is 19.8 Å². The lowest BCUT2D eigenvalue weighted by atomic mass is 10.2. The van der Waals surface area contributed by atoms with Crippen LogP contribution in [0.3, 0.4) is 0 Å². The van der Waals surface area contributed by atoms with Gasteiger partial charge in [0.25, 0.3) is 5.91 Å². The zero-order chi connectivity index (χ0) is 21.3. The standard InChI is InChI=1S/C22H18Cl2N2O3S/c1-12-3-7-19(28-2)17(9-12)25-22-26-21(27)20(30-22)11-14-5-8-18(29-14)15-10-13(23)4-6-16(15)24/h3-11,22,25H,1-2H3,(H,26,27)/b20-11-. The number of thioether (sulfide) groups is 1. The van der Waals surface area contributed by atoms with Crippen molar-refractivity contribution in [2.24, 2.45) is 0 Å². The topological polar surface area (TPSA) is 63.5 Å². The predicted octanol–water partition coefficient (Wildman–Crippen LogP) is 6.17. The Morgan fingerprint density at radius 3 is 2.80 bits per heavy atom. The van der Waals surface area contributed by atoms with Gasteiger partial charge in [0.1, 0.15) is 17.3 Å². The molecule has 1 saturated heterocycles. The number of nitrogens with one attached hydrogen (secondary N) is 2. The molecule has 3 aromatic rings. The number of carbonyl (C=O) groups excluding carboxylic acids is 1. The third kappa shape index (κ3) is 4.46. The van der Waals surface area contributed by atoms with E-state index in [1.165, 1.54) is 11.8 Å². The molecular formula is C22H18Cl2N2O3S. The first-order valence-corrected chi connectivity index (χ1v) is 10.7. The number of anilines is 1. The normalized spacial score (nSPS) is 17.3. The number of rotatable bonds is 5. The third-order valence-electron chi connectivity index (χ3n) is 4.47. The maximum absolute atomic E-state index is 12.4. The van der Waals surface area contributed by atoms with Crippen molar-refractivity contribution in [2.75, 3.05) is 12.4 Å². The van der Waals surface area contributed by atoms with Gasteiger partial charge in [-0.2, -0.15) is 0 Å². The summed E-state index contributed by atoms with van der Waals surface area (Å²) in [7, 11) is 1.61. The molecule has 1 unspecified atom stereocenters. The number of halogens is 2. The fourth-order valence-corrected chi connectivity index (χ4v) is 4.37. The number of carbonyl (C=O) groups is 1. The van der Waals surface area contributed by atoms with Gasteiger partial charge in [0.2, 0.25) is 0 Å². The summed E-state index contributed by atoms with van der Waals surface area (Å²) >= 11 is 13.7. The molecule has 2 N–H and O–H groups in total. The minimum atomic E-state index is -0.323. The van der Waals surface area contributed by atoms with E-state index >= 15 is 0 Å². The lowest BCUT2D eigenvalue weighted by Gasteiger charge is -2.16. The molecule has 1 aromatic heterocycles. The van der Waals surface area contributed by atoms with Crippen LogP contribution in [0.4, 0.5) is 5.69 Å². The molecule has 8 heteroatoms. The Balaban J connectivity index is 1.52. The van der Waals surface area contributed by atoms with Gasteiger partial charge in [-0.15, -0.1) is 0 Å². The summed E-state index contributed by atoms with van der Waals surface area (Å²) in [4.78, 5) is 13.0. The molecule has 0 bridgehead atoms. The van der Waals surface area contributed by atoms with E-state index in [-0.39, 0.29) is 11.4 Å². The van der Waals surface area contributed by atoms with Gasteiger partial charge >= 0.3 is 0 Å². The zero-order valence-electron chi connectivity index (χ0n) is 16.2. The lowest BCUT2D eigenvalue weighted by molar-refractivity contribution is -0.116. The number of benzene rings is 2. The van der Waals surface area contributed by atoms with Crippen LogP contribution in [0, 0.1) is 6.92 Å². The number of ether oxygens (including phenoxy) is 1. The van der Waals surface area contributed by atoms with Crippen LogP contribution in [-0.4, -0.2) is 18.5 Å². The number of aryl methyl sites for hydroxylation is 1. The van der Waals surface area contributed by atoms with Crippen LogP contribution in [0.5, 0.6) is 5.75 Å². The molecule has 2 heterocycles. The molecule has 1 aliphatic heterocycles. The Morgan fingerprint density at radius 1 is 1.17 bits per heavy atom. The van der Waals surface area contributed by atoms with Crippen molar-refractivity contribution in [2.45, 2.75) is 12.4 Å². The van der Waals surface area contributed by atoms with Gasteiger partial charge in [-0.25, -0.2) is 0 Å². The summed E-state index contributed by atoms with van der Waals surface area (Å²) in [5.74, 6) is 1.66. The number of methoxy groups -OCH3 is 1. The van der Waals surface area contributed by atoms with Crippen LogP contribution in [0.15, 0.2) is 57.9 Å². The van der Waals surface area contributed by atoms with E-state index in [1.807, 2.05) is 25.1 Å². The average Bonchev–Trinajstić information content (AvgIpc) is 3.31. The first-order valence-electron chi connectivity index (χ1n) is 9.08. The van der Waals surface area contributed by atoms with E-state index in [2.05, 4.69) is 10.6 Å². The quantitative estimate of drug-likeness (QED) is 0.445. The van der Waals surface area contributed by atoms with Gasteiger partial charge in [0, 0.05) is 16.7 Å². The summed E-state index contributed by atoms with van der Waals surface area (Å²) in [6.45, 7) is 2.00. The molecule has 2 aromatic carbocycles. The largest absolute Gasteiger partial charge is 0.495 e. The van der Waals surface area contributed by atoms with E-state index in [1.54, 1.807) is 43.5 Å². The van der Waals surface area contributed by atoms with Gasteiger partial charge in [-0.1, -0.05) is 41.0 Å². The minimum Gasteiger partial charge on any atom is -0.495 e. The van der Waals surface area contributed by atoms with Gasteiger partial charge in [-0.05, 0) is 55.0 Å². The maximum atomic E-state index is 12.4. The summed E-state index contributed by atoms with van der Waals surface area (Å²) in [6.07, 6.45) is 1.71. The smallest absolute Gasteiger partial charge is 0.260 e. The second-order valence-electron chi connectivity index (χ2n) is 6.65. The SMILES string of the molecule is COc1ccc(C)cc1NC1NC(=O)/C(=C/c2ccc(-c3cc(Cl)ccc3Cl)o2)S1. The molecule has 0 saturated carbocycles. The molecular weight excluding hydrogens is 443 g/mol. The second kappa shape index (κ2) is 8.68. The molecule has 1 aliphatic rings. The molecule has 1 atom stereocenters. The van der Waals surface area contributed by atoms with Crippen molar-refractivity contribution < 1.29 is 13.9 Å². The molecule has 0 radical (unpaired) electrons. The van der Waals surface area contributed by atoms with Gasteiger partial charge in [0.15, 0.2) is 5.50 Å². The first-order chi connectivity index (χ1) is 14.4. The summed E-state index contributed by atoms with van der Waals surface area (Å²) in [5.41, 5.74) is 2.28. The minimum absolute atomic E-state index is 0.178. The highest BCUT2D eigenvalue weighted by atomic mass is 35.5. The van der Waals surface area contributed by atoms with E-state index in [0.29, 0.717) is 37.8 Å². The van der Waals surface area contributed by atoms with E-state index < -0.39 is 0 Å². The summed E-state index contributed by atoms with van der Waals surface area (Å²) < 4.78 is 11.3. The van der Waals surface area contributed by atoms with Crippen molar-refractivity contribution in [1.82, 2.24) is 5.32 Å². The van der Waals surface area contributed by atoms with Crippen LogP contribution in [-0.2, 0) is 4.79 Å². The Kier molecular flexibility index (Phi) is 5.99. The molecule has 0 aliphatic carbocycles. The Morgan fingerprint density at radius 2 is 2.00 bits per heavy atom. The lowest BCUT2D eigenvalue weighted by Crippen LogP contribution is -2.31. The van der Waals surface area contributed by atoms with E-state index in [4.69, 9.17) is 32.4 Å². The summed E-state index contributed by atoms with van der Waals surface area (Å²) in [5, 5.41) is 7.31. The van der Waals surface area contributed by atoms with Gasteiger partial charge in [0.05, 0.1) is 22.7 Å². The van der Waals surface area contributed by atoms with Crippen LogP contribution < -0.4 is 15.4 Å². The van der Waals surface area contributed by atoms with Crippen molar-refractivity contribution in [3.05, 3.63) is 74.8 Å². The Hall–Kier alpha value is -2.54. The molecule has 4 rings (SSSR count). The van der Waals surface area contributed by atoms with Crippen molar-refractivity contribution >= 4 is 52.6 Å². The predicted molar refractivity (Wildman–Crippen MR) is 123 cm³/mol. The maximum Gasteiger partial charge on any atom is 0.260 e. The highest BCUT2D eigenvalue weighted by Gasteiger charge is 2.28. The highest BCUT2D eigenvalue weighted by Crippen LogP contribution is 2.35. The van der Waals surface area contributed by atoms with Crippen LogP contribution in [0.2, 0.25) is 10.0 Å². The molecule has 1 amide bonds. The van der Waals surface area contributed by atoms with Crippen LogP contribution >= 0.6 is 35.0 Å². The monoisotopic (exact) mass is 460 g/mol. The number of hydrogen-bond acceptors (Lipinski definition) is 5. The van der Waals surface area contributed by atoms with Gasteiger partial charge in [-0.3, -0.25) is 4.79 Å². The van der Waals surface area contributed by atoms with E-state index in [9.17, 15) is 4.79 Å². The highest BCUT2D eigenvalue weighted by molar-refractivity contribution is 8.05.